The zero-order chi connectivity index (χ0) is 24.0. The van der Waals surface area contributed by atoms with Crippen LogP contribution >= 0.6 is 22.6 Å². The molecule has 0 amide bonds. The van der Waals surface area contributed by atoms with Crippen LogP contribution in [0.15, 0.2) is 30.3 Å². The molecule has 0 spiro atoms. The zero-order valence-electron chi connectivity index (χ0n) is 18.3. The van der Waals surface area contributed by atoms with Gasteiger partial charge >= 0.3 is 10.2 Å². The maximum Gasteiger partial charge on any atom is 0.301 e. The van der Waals surface area contributed by atoms with E-state index >= 15 is 0 Å². The largest absolute Gasteiger partial charge is 0.349 e. The fourth-order valence-electron chi connectivity index (χ4n) is 3.73. The lowest BCUT2D eigenvalue weighted by Gasteiger charge is -2.31. The van der Waals surface area contributed by atoms with E-state index in [1.165, 1.54) is 16.4 Å². The summed E-state index contributed by atoms with van der Waals surface area (Å²) in [6, 6.07) is 6.15. The Bertz CT molecular complexity index is 1060. The number of benzene rings is 2. The Labute approximate surface area is 206 Å². The molecule has 0 unspecified atom stereocenters. The number of rotatable bonds is 10. The van der Waals surface area contributed by atoms with Crippen molar-refractivity contribution in [1.82, 2.24) is 9.62 Å². The van der Waals surface area contributed by atoms with Crippen LogP contribution in [0.2, 0.25) is 0 Å². The first kappa shape index (κ1) is 26.0. The molecule has 1 saturated heterocycles. The number of hydrogen-bond acceptors (Lipinski definition) is 4. The van der Waals surface area contributed by atoms with Gasteiger partial charge in [-0.3, -0.25) is 4.72 Å². The van der Waals surface area contributed by atoms with Crippen LogP contribution in [-0.4, -0.2) is 38.9 Å². The van der Waals surface area contributed by atoms with Gasteiger partial charge in [0, 0.05) is 16.7 Å². The van der Waals surface area contributed by atoms with Crippen LogP contribution < -0.4 is 15.4 Å². The van der Waals surface area contributed by atoms with Gasteiger partial charge in [0.15, 0.2) is 11.6 Å². The van der Waals surface area contributed by atoms with Gasteiger partial charge in [0.05, 0.1) is 11.4 Å². The number of nitrogens with one attached hydrogen (secondary N) is 3. The first-order valence-corrected chi connectivity index (χ1v) is 13.4. The highest BCUT2D eigenvalue weighted by Crippen LogP contribution is 2.33. The minimum Gasteiger partial charge on any atom is -0.349 e. The molecule has 3 N–H and O–H groups in total. The van der Waals surface area contributed by atoms with E-state index in [-0.39, 0.29) is 11.4 Å². The van der Waals surface area contributed by atoms with Gasteiger partial charge in [-0.2, -0.15) is 12.7 Å². The van der Waals surface area contributed by atoms with Gasteiger partial charge in [-0.1, -0.05) is 6.92 Å². The number of halogens is 4. The maximum atomic E-state index is 14.6. The molecule has 2 aromatic carbocycles. The highest BCUT2D eigenvalue weighted by molar-refractivity contribution is 14.1. The third-order valence-electron chi connectivity index (χ3n) is 5.59. The molecule has 0 bridgehead atoms. The molecule has 0 aliphatic carbocycles. The van der Waals surface area contributed by atoms with E-state index in [0.717, 1.165) is 50.9 Å². The molecule has 0 saturated carbocycles. The second kappa shape index (κ2) is 11.7. The van der Waals surface area contributed by atoms with Crippen molar-refractivity contribution in [2.75, 3.05) is 36.2 Å². The summed E-state index contributed by atoms with van der Waals surface area (Å²) in [5.74, 6) is -2.71. The van der Waals surface area contributed by atoms with Crippen LogP contribution in [0.5, 0.6) is 0 Å². The fourth-order valence-corrected chi connectivity index (χ4v) is 5.46. The monoisotopic (exact) mass is 596 g/mol. The molecule has 182 valence electrons. The number of piperidine rings is 1. The van der Waals surface area contributed by atoms with Crippen LogP contribution in [0.1, 0.15) is 32.6 Å². The Balaban J connectivity index is 1.71. The molecular formula is C22H28F3IN4O2S. The van der Waals surface area contributed by atoms with Gasteiger partial charge < -0.3 is 10.6 Å². The second-order valence-corrected chi connectivity index (χ2v) is 10.9. The summed E-state index contributed by atoms with van der Waals surface area (Å²) < 4.78 is 72.9. The van der Waals surface area contributed by atoms with E-state index in [1.807, 2.05) is 22.6 Å². The summed E-state index contributed by atoms with van der Waals surface area (Å²) in [6.07, 6.45) is 3.51. The Hall–Kier alpha value is -1.57. The average Bonchev–Trinajstić information content (AvgIpc) is 2.78. The predicted molar refractivity (Wildman–Crippen MR) is 133 cm³/mol. The summed E-state index contributed by atoms with van der Waals surface area (Å²) in [4.78, 5) is 0. The number of nitrogens with zero attached hydrogens (tertiary/aromatic N) is 1. The normalized spacial score (nSPS) is 15.5. The van der Waals surface area contributed by atoms with E-state index in [1.54, 1.807) is 6.07 Å². The molecule has 6 nitrogen and oxygen atoms in total. The highest BCUT2D eigenvalue weighted by atomic mass is 127. The molecule has 0 aromatic heterocycles. The third kappa shape index (κ3) is 6.96. The van der Waals surface area contributed by atoms with Gasteiger partial charge in [-0.15, -0.1) is 0 Å². The molecule has 3 rings (SSSR count). The lowest BCUT2D eigenvalue weighted by molar-refractivity contribution is 0.263. The van der Waals surface area contributed by atoms with Crippen LogP contribution in [0.25, 0.3) is 0 Å². The molecule has 11 heteroatoms. The minimum absolute atomic E-state index is 0.0992. The first-order valence-electron chi connectivity index (χ1n) is 10.9. The smallest absolute Gasteiger partial charge is 0.301 e. The van der Waals surface area contributed by atoms with Crippen LogP contribution in [-0.2, 0) is 10.2 Å². The van der Waals surface area contributed by atoms with Crippen molar-refractivity contribution in [3.05, 3.63) is 51.4 Å². The van der Waals surface area contributed by atoms with Crippen molar-refractivity contribution in [2.24, 2.45) is 5.92 Å². The second-order valence-electron chi connectivity index (χ2n) is 8.02. The van der Waals surface area contributed by atoms with Crippen LogP contribution in [0, 0.1) is 26.9 Å². The summed E-state index contributed by atoms with van der Waals surface area (Å²) >= 11 is 1.92. The highest BCUT2D eigenvalue weighted by Gasteiger charge is 2.29. The number of hydrogen-bond donors (Lipinski definition) is 3. The third-order valence-corrected chi connectivity index (χ3v) is 7.79. The molecule has 0 atom stereocenters. The summed E-state index contributed by atoms with van der Waals surface area (Å²) in [5, 5.41) is 5.85. The van der Waals surface area contributed by atoms with E-state index in [9.17, 15) is 21.6 Å². The fraction of sp³-hybridized carbons (Fsp3) is 0.455. The molecule has 1 aliphatic heterocycles. The van der Waals surface area contributed by atoms with Crippen molar-refractivity contribution in [2.45, 2.75) is 32.6 Å². The average molecular weight is 596 g/mol. The molecule has 1 fully saturated rings. The van der Waals surface area contributed by atoms with Crippen LogP contribution in [0.4, 0.5) is 30.2 Å². The Morgan fingerprint density at radius 3 is 2.39 bits per heavy atom. The van der Waals surface area contributed by atoms with E-state index in [4.69, 9.17) is 0 Å². The molecular weight excluding hydrogens is 568 g/mol. The van der Waals surface area contributed by atoms with E-state index in [0.29, 0.717) is 22.6 Å². The molecule has 33 heavy (non-hydrogen) atoms. The lowest BCUT2D eigenvalue weighted by atomic mass is 9.95. The number of anilines is 3. The molecule has 2 aromatic rings. The topological polar surface area (TPSA) is 73.5 Å². The lowest BCUT2D eigenvalue weighted by Crippen LogP contribution is -2.42. The van der Waals surface area contributed by atoms with Gasteiger partial charge in [0.2, 0.25) is 0 Å². The summed E-state index contributed by atoms with van der Waals surface area (Å²) in [5.41, 5.74) is -0.772. The molecule has 1 aliphatic rings. The summed E-state index contributed by atoms with van der Waals surface area (Å²) in [6.45, 7) is 4.66. The molecule has 1 heterocycles. The maximum absolute atomic E-state index is 14.6. The van der Waals surface area contributed by atoms with E-state index in [2.05, 4.69) is 22.3 Å². The quantitative estimate of drug-likeness (QED) is 0.260. The Kier molecular flexibility index (Phi) is 9.25. The van der Waals surface area contributed by atoms with Crippen molar-refractivity contribution in [1.29, 1.82) is 0 Å². The van der Waals surface area contributed by atoms with Gasteiger partial charge in [-0.05, 0) is 97.6 Å². The predicted octanol–water partition coefficient (Wildman–Crippen LogP) is 5.21. The van der Waals surface area contributed by atoms with Gasteiger partial charge in [0.25, 0.3) is 0 Å². The van der Waals surface area contributed by atoms with Crippen molar-refractivity contribution in [3.8, 4) is 0 Å². The molecule has 0 radical (unpaired) electrons. The van der Waals surface area contributed by atoms with Gasteiger partial charge in [-0.25, -0.2) is 13.2 Å². The van der Waals surface area contributed by atoms with Crippen molar-refractivity contribution in [3.63, 3.8) is 0 Å². The Morgan fingerprint density at radius 1 is 1.03 bits per heavy atom. The zero-order valence-corrected chi connectivity index (χ0v) is 21.3. The summed E-state index contributed by atoms with van der Waals surface area (Å²) in [7, 11) is -4.01. The van der Waals surface area contributed by atoms with Crippen LogP contribution in [0.3, 0.4) is 0 Å². The van der Waals surface area contributed by atoms with Crippen molar-refractivity contribution >= 4 is 49.9 Å². The minimum atomic E-state index is -4.01. The Morgan fingerprint density at radius 2 is 1.73 bits per heavy atom. The first-order chi connectivity index (χ1) is 15.7. The SMILES string of the molecule is CCCNCCC1CCN(S(=O)(=O)Nc2ccc(F)c(F)c2Nc2ccc(I)cc2F)CC1. The standard InChI is InChI=1S/C22H28F3IN4O2S/c1-2-10-27-11-7-15-8-12-30(13-9-15)33(31,32)29-20-6-4-17(23)21(25)22(20)28-19-5-3-16(26)14-18(19)24/h3-6,14-15,27-29H,2,7-13H2,1H3. The van der Waals surface area contributed by atoms with E-state index < -0.39 is 33.3 Å². The van der Waals surface area contributed by atoms with Crippen molar-refractivity contribution < 1.29 is 21.6 Å². The van der Waals surface area contributed by atoms with Gasteiger partial charge in [0.1, 0.15) is 11.5 Å².